The normalized spacial score (nSPS) is 11.8. The number of anilines is 2. The number of carbonyl (C=O) groups excluding carboxylic acids is 2. The van der Waals surface area contributed by atoms with E-state index in [1.807, 2.05) is 38.1 Å². The lowest BCUT2D eigenvalue weighted by molar-refractivity contribution is -0.118. The van der Waals surface area contributed by atoms with E-state index in [1.54, 1.807) is 36.4 Å². The first-order valence-electron chi connectivity index (χ1n) is 9.68. The molecule has 31 heavy (non-hydrogen) atoms. The highest BCUT2D eigenvalue weighted by atomic mass is 79.9. The molecule has 3 rings (SSSR count). The molecule has 0 heterocycles. The third-order valence-corrected chi connectivity index (χ3v) is 5.96. The van der Waals surface area contributed by atoms with Gasteiger partial charge in [-0.05, 0) is 74.2 Å². The van der Waals surface area contributed by atoms with Crippen molar-refractivity contribution >= 4 is 55.0 Å². The standard InChI is InChI=1S/C24H21Br2FN2O2/c1-15(2)22(23(30)28-21-19(25)13-17(27)14-20(21)26)29(18-11-7-4-8-12-18)24(31)16-9-5-3-6-10-16/h3-15,22H,1-2H3,(H,28,30). The van der Waals surface area contributed by atoms with Crippen LogP contribution in [0.2, 0.25) is 0 Å². The Morgan fingerprint density at radius 2 is 1.42 bits per heavy atom. The van der Waals surface area contributed by atoms with Gasteiger partial charge in [-0.3, -0.25) is 14.5 Å². The second-order valence-corrected chi connectivity index (χ2v) is 9.01. The highest BCUT2D eigenvalue weighted by Gasteiger charge is 2.34. The number of carbonyl (C=O) groups is 2. The third kappa shape index (κ3) is 5.40. The fraction of sp³-hybridized carbons (Fsp3) is 0.167. The summed E-state index contributed by atoms with van der Waals surface area (Å²) in [5.41, 5.74) is 1.49. The van der Waals surface area contributed by atoms with Crippen molar-refractivity contribution in [2.45, 2.75) is 19.9 Å². The summed E-state index contributed by atoms with van der Waals surface area (Å²) in [5.74, 6) is -1.30. The van der Waals surface area contributed by atoms with E-state index in [2.05, 4.69) is 37.2 Å². The lowest BCUT2D eigenvalue weighted by atomic mass is 9.99. The molecule has 4 nitrogen and oxygen atoms in total. The number of hydrogen-bond donors (Lipinski definition) is 1. The first-order valence-corrected chi connectivity index (χ1v) is 11.3. The molecule has 7 heteroatoms. The van der Waals surface area contributed by atoms with Crippen LogP contribution in [0.15, 0.2) is 81.7 Å². The summed E-state index contributed by atoms with van der Waals surface area (Å²) in [6.45, 7) is 3.76. The zero-order chi connectivity index (χ0) is 22.5. The minimum Gasteiger partial charge on any atom is -0.322 e. The van der Waals surface area contributed by atoms with Gasteiger partial charge in [0.05, 0.1) is 5.69 Å². The smallest absolute Gasteiger partial charge is 0.259 e. The molecule has 0 spiro atoms. The Hall–Kier alpha value is -2.51. The number of nitrogens with one attached hydrogen (secondary N) is 1. The van der Waals surface area contributed by atoms with Crippen LogP contribution in [0.4, 0.5) is 15.8 Å². The van der Waals surface area contributed by atoms with Crippen molar-refractivity contribution in [2.24, 2.45) is 5.92 Å². The van der Waals surface area contributed by atoms with E-state index in [0.717, 1.165) is 0 Å². The quantitative estimate of drug-likeness (QED) is 0.375. The lowest BCUT2D eigenvalue weighted by Crippen LogP contribution is -2.50. The van der Waals surface area contributed by atoms with E-state index in [1.165, 1.54) is 17.0 Å². The molecular formula is C24H21Br2FN2O2. The number of nitrogens with zero attached hydrogens (tertiary/aromatic N) is 1. The SMILES string of the molecule is CC(C)C(C(=O)Nc1c(Br)cc(F)cc1Br)N(C(=O)c1ccccc1)c1ccccc1. The molecule has 1 unspecified atom stereocenters. The lowest BCUT2D eigenvalue weighted by Gasteiger charge is -2.34. The number of hydrogen-bond acceptors (Lipinski definition) is 2. The summed E-state index contributed by atoms with van der Waals surface area (Å²) in [7, 11) is 0. The molecule has 3 aromatic rings. The first-order chi connectivity index (χ1) is 14.8. The van der Waals surface area contributed by atoms with Gasteiger partial charge in [-0.15, -0.1) is 0 Å². The fourth-order valence-electron chi connectivity index (χ4n) is 3.29. The van der Waals surface area contributed by atoms with E-state index >= 15 is 0 Å². The molecule has 0 aliphatic carbocycles. The average Bonchev–Trinajstić information content (AvgIpc) is 2.74. The molecule has 1 atom stereocenters. The van der Waals surface area contributed by atoms with Crippen LogP contribution < -0.4 is 10.2 Å². The molecule has 0 bridgehead atoms. The summed E-state index contributed by atoms with van der Waals surface area (Å²) in [6, 6.07) is 19.7. The minimum atomic E-state index is -0.807. The highest BCUT2D eigenvalue weighted by Crippen LogP contribution is 2.33. The van der Waals surface area contributed by atoms with Gasteiger partial charge in [0.15, 0.2) is 0 Å². The van der Waals surface area contributed by atoms with Crippen LogP contribution in [0.1, 0.15) is 24.2 Å². The molecule has 0 fully saturated rings. The zero-order valence-corrected chi connectivity index (χ0v) is 20.2. The number of rotatable bonds is 6. The van der Waals surface area contributed by atoms with E-state index in [4.69, 9.17) is 0 Å². The Labute approximate surface area is 197 Å². The van der Waals surface area contributed by atoms with Gasteiger partial charge in [0, 0.05) is 20.2 Å². The Balaban J connectivity index is 2.04. The van der Waals surface area contributed by atoms with Crippen LogP contribution in [0.5, 0.6) is 0 Å². The number of halogens is 3. The maximum Gasteiger partial charge on any atom is 0.259 e. The third-order valence-electron chi connectivity index (χ3n) is 4.71. The molecule has 160 valence electrons. The number of benzene rings is 3. The van der Waals surface area contributed by atoms with Gasteiger partial charge in [0.25, 0.3) is 5.91 Å². The maximum absolute atomic E-state index is 13.7. The largest absolute Gasteiger partial charge is 0.322 e. The molecule has 0 saturated carbocycles. The first kappa shape index (κ1) is 23.2. The summed E-state index contributed by atoms with van der Waals surface area (Å²) < 4.78 is 14.4. The summed E-state index contributed by atoms with van der Waals surface area (Å²) in [5, 5.41) is 2.85. The number of para-hydroxylation sites is 1. The van der Waals surface area contributed by atoms with Gasteiger partial charge < -0.3 is 5.32 Å². The van der Waals surface area contributed by atoms with Gasteiger partial charge in [-0.1, -0.05) is 50.2 Å². The van der Waals surface area contributed by atoms with Crippen LogP contribution in [-0.4, -0.2) is 17.9 Å². The number of amides is 2. The topological polar surface area (TPSA) is 49.4 Å². The molecule has 3 aromatic carbocycles. The van der Waals surface area contributed by atoms with Gasteiger partial charge in [-0.25, -0.2) is 4.39 Å². The van der Waals surface area contributed by atoms with Crippen molar-refractivity contribution in [3.05, 3.63) is 93.1 Å². The molecule has 0 saturated heterocycles. The highest BCUT2D eigenvalue weighted by molar-refractivity contribution is 9.11. The maximum atomic E-state index is 13.7. The van der Waals surface area contributed by atoms with Gasteiger partial charge >= 0.3 is 0 Å². The van der Waals surface area contributed by atoms with Crippen molar-refractivity contribution in [3.8, 4) is 0 Å². The van der Waals surface area contributed by atoms with Gasteiger partial charge in [0.1, 0.15) is 11.9 Å². The predicted octanol–water partition coefficient (Wildman–Crippen LogP) is 6.66. The Morgan fingerprint density at radius 3 is 1.94 bits per heavy atom. The Kier molecular flexibility index (Phi) is 7.62. The molecule has 0 aliphatic heterocycles. The van der Waals surface area contributed by atoms with Crippen molar-refractivity contribution < 1.29 is 14.0 Å². The summed E-state index contributed by atoms with van der Waals surface area (Å²) >= 11 is 6.59. The summed E-state index contributed by atoms with van der Waals surface area (Å²) in [4.78, 5) is 28.5. The molecule has 1 N–H and O–H groups in total. The fourth-order valence-corrected chi connectivity index (χ4v) is 4.62. The summed E-state index contributed by atoms with van der Waals surface area (Å²) in [6.07, 6.45) is 0. The van der Waals surface area contributed by atoms with Gasteiger partial charge in [-0.2, -0.15) is 0 Å². The predicted molar refractivity (Wildman–Crippen MR) is 129 cm³/mol. The van der Waals surface area contributed by atoms with Gasteiger partial charge in [0.2, 0.25) is 5.91 Å². The van der Waals surface area contributed by atoms with Crippen molar-refractivity contribution in [3.63, 3.8) is 0 Å². The van der Waals surface area contributed by atoms with Crippen LogP contribution in [0.3, 0.4) is 0 Å². The van der Waals surface area contributed by atoms with E-state index in [9.17, 15) is 14.0 Å². The molecular weight excluding hydrogens is 527 g/mol. The monoisotopic (exact) mass is 546 g/mol. The Bertz CT molecular complexity index is 1050. The van der Waals surface area contributed by atoms with Crippen LogP contribution >= 0.6 is 31.9 Å². The molecule has 2 amide bonds. The van der Waals surface area contributed by atoms with Crippen molar-refractivity contribution in [1.82, 2.24) is 0 Å². The average molecular weight is 548 g/mol. The van der Waals surface area contributed by atoms with Crippen molar-refractivity contribution in [2.75, 3.05) is 10.2 Å². The van der Waals surface area contributed by atoms with Crippen LogP contribution in [0, 0.1) is 11.7 Å². The molecule has 0 aliphatic rings. The minimum absolute atomic E-state index is 0.203. The second-order valence-electron chi connectivity index (χ2n) is 7.30. The Morgan fingerprint density at radius 1 is 0.903 bits per heavy atom. The van der Waals surface area contributed by atoms with Crippen molar-refractivity contribution in [1.29, 1.82) is 0 Å². The van der Waals surface area contributed by atoms with E-state index in [0.29, 0.717) is 25.9 Å². The molecule has 0 radical (unpaired) electrons. The van der Waals surface area contributed by atoms with E-state index < -0.39 is 11.9 Å². The molecule has 0 aromatic heterocycles. The van der Waals surface area contributed by atoms with Crippen LogP contribution in [0.25, 0.3) is 0 Å². The second kappa shape index (κ2) is 10.2. The van der Waals surface area contributed by atoms with E-state index in [-0.39, 0.29) is 17.7 Å². The van der Waals surface area contributed by atoms with Crippen LogP contribution in [-0.2, 0) is 4.79 Å². The zero-order valence-electron chi connectivity index (χ0n) is 17.0.